The molecule has 0 atom stereocenters. The van der Waals surface area contributed by atoms with Gasteiger partial charge in [0.25, 0.3) is 15.9 Å². The quantitative estimate of drug-likeness (QED) is 0.424. The van der Waals surface area contributed by atoms with Gasteiger partial charge in [-0.1, -0.05) is 37.6 Å². The molecule has 0 bridgehead atoms. The molecule has 3 aromatic carbocycles. The van der Waals surface area contributed by atoms with Crippen molar-refractivity contribution in [2.45, 2.75) is 24.7 Å². The molecule has 7 nitrogen and oxygen atoms in total. The van der Waals surface area contributed by atoms with E-state index in [2.05, 4.69) is 17.0 Å². The van der Waals surface area contributed by atoms with Crippen LogP contribution < -0.4 is 19.5 Å². The van der Waals surface area contributed by atoms with E-state index in [0.29, 0.717) is 29.4 Å². The monoisotopic (exact) mass is 454 g/mol. The van der Waals surface area contributed by atoms with Gasteiger partial charge in [0.05, 0.1) is 24.3 Å². The van der Waals surface area contributed by atoms with Crippen LogP contribution in [0.2, 0.25) is 0 Å². The average Bonchev–Trinajstić information content (AvgIpc) is 2.80. The molecule has 2 N–H and O–H groups in total. The number of hydrogen-bond donors (Lipinski definition) is 2. The zero-order valence-corrected chi connectivity index (χ0v) is 18.8. The highest BCUT2D eigenvalue weighted by atomic mass is 32.2. The summed E-state index contributed by atoms with van der Waals surface area (Å²) in [6.45, 7) is 2.60. The molecule has 8 heteroatoms. The first-order chi connectivity index (χ1) is 15.4. The zero-order chi connectivity index (χ0) is 23.0. The van der Waals surface area contributed by atoms with Crippen LogP contribution in [-0.4, -0.2) is 28.0 Å². The van der Waals surface area contributed by atoms with Gasteiger partial charge in [0.15, 0.2) is 0 Å². The topological polar surface area (TPSA) is 93.7 Å². The lowest BCUT2D eigenvalue weighted by Crippen LogP contribution is -2.15. The van der Waals surface area contributed by atoms with Crippen molar-refractivity contribution >= 4 is 27.3 Å². The lowest BCUT2D eigenvalue weighted by Gasteiger charge is -2.14. The molecule has 0 aliphatic carbocycles. The molecule has 0 spiro atoms. The fourth-order valence-corrected chi connectivity index (χ4v) is 3.99. The molecule has 32 heavy (non-hydrogen) atoms. The van der Waals surface area contributed by atoms with Gasteiger partial charge >= 0.3 is 0 Å². The molecule has 0 saturated carbocycles. The number of hydrogen-bond acceptors (Lipinski definition) is 5. The maximum atomic E-state index is 12.9. The Morgan fingerprint density at radius 2 is 1.75 bits per heavy atom. The first-order valence-electron chi connectivity index (χ1n) is 10.2. The number of rotatable bonds is 10. The summed E-state index contributed by atoms with van der Waals surface area (Å²) >= 11 is 0. The van der Waals surface area contributed by atoms with Gasteiger partial charge in [0, 0.05) is 17.3 Å². The van der Waals surface area contributed by atoms with Crippen molar-refractivity contribution < 1.29 is 22.7 Å². The van der Waals surface area contributed by atoms with Gasteiger partial charge in [-0.05, 0) is 48.9 Å². The zero-order valence-electron chi connectivity index (χ0n) is 18.0. The third-order valence-corrected chi connectivity index (χ3v) is 6.02. The smallest absolute Gasteiger partial charge is 0.261 e. The van der Waals surface area contributed by atoms with Crippen LogP contribution in [0.1, 0.15) is 30.1 Å². The van der Waals surface area contributed by atoms with Crippen LogP contribution in [0, 0.1) is 0 Å². The number of anilines is 2. The molecule has 3 rings (SSSR count). The molecular formula is C24H26N2O5S. The molecule has 0 aliphatic rings. The number of amides is 1. The highest BCUT2D eigenvalue weighted by Crippen LogP contribution is 2.30. The van der Waals surface area contributed by atoms with E-state index < -0.39 is 15.9 Å². The number of carbonyl (C=O) groups is 1. The van der Waals surface area contributed by atoms with Crippen molar-refractivity contribution in [2.75, 3.05) is 23.8 Å². The first-order valence-corrected chi connectivity index (χ1v) is 11.7. The Labute approximate surface area is 188 Å². The molecule has 0 heterocycles. The normalized spacial score (nSPS) is 10.9. The van der Waals surface area contributed by atoms with Crippen LogP contribution in [0.4, 0.5) is 11.4 Å². The Kier molecular flexibility index (Phi) is 7.72. The lowest BCUT2D eigenvalue weighted by atomic mass is 10.2. The molecule has 1 amide bonds. The maximum absolute atomic E-state index is 12.9. The van der Waals surface area contributed by atoms with Gasteiger partial charge in [-0.2, -0.15) is 0 Å². The van der Waals surface area contributed by atoms with Crippen molar-refractivity contribution in [1.82, 2.24) is 0 Å². The first kappa shape index (κ1) is 23.1. The SMILES string of the molecule is CCCCOc1ccc(OC)cc1NC(=O)c1cccc(NS(=O)(=O)c2ccccc2)c1. The van der Waals surface area contributed by atoms with E-state index in [1.807, 2.05) is 0 Å². The summed E-state index contributed by atoms with van der Waals surface area (Å²) in [5.41, 5.74) is 1.05. The van der Waals surface area contributed by atoms with Crippen LogP contribution in [0.25, 0.3) is 0 Å². The van der Waals surface area contributed by atoms with Crippen LogP contribution in [0.5, 0.6) is 11.5 Å². The highest BCUT2D eigenvalue weighted by Gasteiger charge is 2.16. The second-order valence-corrected chi connectivity index (χ2v) is 8.70. The number of carbonyl (C=O) groups excluding carboxylic acids is 1. The van der Waals surface area contributed by atoms with Gasteiger partial charge in [0.2, 0.25) is 0 Å². The minimum atomic E-state index is -3.76. The molecule has 168 valence electrons. The molecule has 3 aromatic rings. The molecule has 0 radical (unpaired) electrons. The molecular weight excluding hydrogens is 428 g/mol. The van der Waals surface area contributed by atoms with Gasteiger partial charge in [0.1, 0.15) is 11.5 Å². The van der Waals surface area contributed by atoms with E-state index in [1.165, 1.54) is 18.2 Å². The Balaban J connectivity index is 1.79. The van der Waals surface area contributed by atoms with Gasteiger partial charge in [-0.3, -0.25) is 9.52 Å². The Morgan fingerprint density at radius 3 is 2.47 bits per heavy atom. The lowest BCUT2D eigenvalue weighted by molar-refractivity contribution is 0.102. The van der Waals surface area contributed by atoms with Gasteiger partial charge < -0.3 is 14.8 Å². The van der Waals surface area contributed by atoms with Crippen LogP contribution in [0.3, 0.4) is 0 Å². The number of benzene rings is 3. The summed E-state index contributed by atoms with van der Waals surface area (Å²) in [7, 11) is -2.22. The minimum Gasteiger partial charge on any atom is -0.497 e. The van der Waals surface area contributed by atoms with Crippen LogP contribution in [-0.2, 0) is 10.0 Å². The Bertz CT molecular complexity index is 1160. The van der Waals surface area contributed by atoms with Crippen molar-refractivity contribution in [2.24, 2.45) is 0 Å². The van der Waals surface area contributed by atoms with Crippen LogP contribution in [0.15, 0.2) is 77.7 Å². The van der Waals surface area contributed by atoms with E-state index in [4.69, 9.17) is 9.47 Å². The number of unbranched alkanes of at least 4 members (excludes halogenated alkanes) is 1. The Hall–Kier alpha value is -3.52. The van der Waals surface area contributed by atoms with Crippen molar-refractivity contribution in [3.05, 3.63) is 78.4 Å². The second-order valence-electron chi connectivity index (χ2n) is 7.02. The summed E-state index contributed by atoms with van der Waals surface area (Å²) in [6.07, 6.45) is 1.88. The van der Waals surface area contributed by atoms with E-state index in [-0.39, 0.29) is 10.6 Å². The van der Waals surface area contributed by atoms with Crippen LogP contribution >= 0.6 is 0 Å². The number of methoxy groups -OCH3 is 1. The summed E-state index contributed by atoms with van der Waals surface area (Å²) < 4.78 is 38.7. The van der Waals surface area contributed by atoms with E-state index in [9.17, 15) is 13.2 Å². The van der Waals surface area contributed by atoms with Gasteiger partial charge in [-0.25, -0.2) is 8.42 Å². The summed E-state index contributed by atoms with van der Waals surface area (Å²) in [5.74, 6) is 0.709. The highest BCUT2D eigenvalue weighted by molar-refractivity contribution is 7.92. The van der Waals surface area contributed by atoms with Crippen molar-refractivity contribution in [1.29, 1.82) is 0 Å². The molecule has 0 fully saturated rings. The summed E-state index contributed by atoms with van der Waals surface area (Å²) in [5, 5.41) is 2.83. The third-order valence-electron chi connectivity index (χ3n) is 4.62. The van der Waals surface area contributed by atoms with E-state index in [1.54, 1.807) is 61.7 Å². The Morgan fingerprint density at radius 1 is 0.969 bits per heavy atom. The number of sulfonamides is 1. The molecule has 0 aliphatic heterocycles. The summed E-state index contributed by atoms with van der Waals surface area (Å²) in [6, 6.07) is 19.5. The standard InChI is InChI=1S/C24H26N2O5S/c1-3-4-15-31-23-14-13-20(30-2)17-22(23)25-24(27)18-9-8-10-19(16-18)26-32(28,29)21-11-6-5-7-12-21/h5-14,16-17,26H,3-4,15H2,1-2H3,(H,25,27). The van der Waals surface area contributed by atoms with Gasteiger partial charge in [-0.15, -0.1) is 0 Å². The second kappa shape index (κ2) is 10.7. The fourth-order valence-electron chi connectivity index (χ4n) is 2.92. The maximum Gasteiger partial charge on any atom is 0.261 e. The minimum absolute atomic E-state index is 0.139. The van der Waals surface area contributed by atoms with Crippen molar-refractivity contribution in [3.63, 3.8) is 0 Å². The number of ether oxygens (including phenoxy) is 2. The predicted molar refractivity (Wildman–Crippen MR) is 125 cm³/mol. The van der Waals surface area contributed by atoms with Crippen molar-refractivity contribution in [3.8, 4) is 11.5 Å². The third kappa shape index (κ3) is 6.01. The van der Waals surface area contributed by atoms with E-state index >= 15 is 0 Å². The predicted octanol–water partition coefficient (Wildman–Crippen LogP) is 4.93. The average molecular weight is 455 g/mol. The molecule has 0 aromatic heterocycles. The largest absolute Gasteiger partial charge is 0.497 e. The van der Waals surface area contributed by atoms with E-state index in [0.717, 1.165) is 12.8 Å². The molecule has 0 unspecified atom stereocenters. The summed E-state index contributed by atoms with van der Waals surface area (Å²) in [4.78, 5) is 13.0. The number of nitrogens with one attached hydrogen (secondary N) is 2. The molecule has 0 saturated heterocycles. The fraction of sp³-hybridized carbons (Fsp3) is 0.208.